The zero-order valence-corrected chi connectivity index (χ0v) is 2.85. The summed E-state index contributed by atoms with van der Waals surface area (Å²) in [4.78, 5) is 0. The Balaban J connectivity index is 2.83. The number of rotatable bonds is 1. The van der Waals surface area contributed by atoms with Crippen LogP contribution in [0.15, 0.2) is 12.7 Å². The van der Waals surface area contributed by atoms with Crippen LogP contribution in [0, 0.1) is 0 Å². The van der Waals surface area contributed by atoms with E-state index in [0.717, 1.165) is 6.08 Å². The zero-order valence-electron chi connectivity index (χ0n) is 2.85. The first-order chi connectivity index (χ1) is 2.27. The smallest absolute Gasteiger partial charge is 0.159 e. The minimum atomic E-state index is -1.10. The largest absolute Gasteiger partial charge is 0.300 e. The summed E-state index contributed by atoms with van der Waals surface area (Å²) in [5.41, 5.74) is 4.62. The Kier molecular flexibility index (Phi) is 1.80. The summed E-state index contributed by atoms with van der Waals surface area (Å²) in [5, 5.41) is 9.56. The van der Waals surface area contributed by atoms with Crippen LogP contribution in [0.2, 0.25) is 0 Å². The van der Waals surface area contributed by atoms with Gasteiger partial charge in [0.25, 0.3) is 0 Å². The van der Waals surface area contributed by atoms with Gasteiger partial charge in [-0.3, -0.25) is 0 Å². The highest BCUT2D eigenvalue weighted by Gasteiger charge is 1.78. The average Bonchev–Trinajstić information content (AvgIpc) is 1.38. The van der Waals surface area contributed by atoms with E-state index >= 15 is 0 Å². The molecule has 0 amide bonds. The second-order valence-corrected chi connectivity index (χ2v) is 0.700. The molecule has 2 heteroatoms. The summed E-state index contributed by atoms with van der Waals surface area (Å²) in [5.74, 6) is 0. The van der Waals surface area contributed by atoms with Crippen molar-refractivity contribution in [2.45, 2.75) is 6.23 Å². The molecule has 0 spiro atoms. The SMILES string of the molecule is C=CC(N)[O]. The fourth-order valence-corrected chi connectivity index (χ4v) is 0. The molecular formula is C3H6NO. The second kappa shape index (κ2) is 1.93. The highest BCUT2D eigenvalue weighted by Crippen LogP contribution is 1.63. The highest BCUT2D eigenvalue weighted by molar-refractivity contribution is 4.70. The van der Waals surface area contributed by atoms with E-state index in [4.69, 9.17) is 0 Å². The van der Waals surface area contributed by atoms with Crippen molar-refractivity contribution in [1.82, 2.24) is 0 Å². The molecule has 1 unspecified atom stereocenters. The first-order valence-electron chi connectivity index (χ1n) is 1.31. The maximum Gasteiger partial charge on any atom is 0.159 e. The summed E-state index contributed by atoms with van der Waals surface area (Å²) < 4.78 is 0. The van der Waals surface area contributed by atoms with Crippen LogP contribution in [0.3, 0.4) is 0 Å². The van der Waals surface area contributed by atoms with Gasteiger partial charge in [0.2, 0.25) is 0 Å². The lowest BCUT2D eigenvalue weighted by Gasteiger charge is -1.81. The van der Waals surface area contributed by atoms with Gasteiger partial charge in [0, 0.05) is 0 Å². The van der Waals surface area contributed by atoms with Crippen molar-refractivity contribution >= 4 is 0 Å². The summed E-state index contributed by atoms with van der Waals surface area (Å²) in [6.45, 7) is 3.12. The lowest BCUT2D eigenvalue weighted by Crippen LogP contribution is -2.11. The Bertz CT molecular complexity index is 33.9. The van der Waals surface area contributed by atoms with Gasteiger partial charge in [0.15, 0.2) is 6.23 Å². The van der Waals surface area contributed by atoms with E-state index in [-0.39, 0.29) is 0 Å². The van der Waals surface area contributed by atoms with Crippen molar-refractivity contribution in [2.24, 2.45) is 5.73 Å². The molecule has 0 aromatic heterocycles. The summed E-state index contributed by atoms with van der Waals surface area (Å²) in [6.07, 6.45) is 0.0370. The molecule has 0 saturated carbocycles. The van der Waals surface area contributed by atoms with Crippen molar-refractivity contribution in [3.05, 3.63) is 12.7 Å². The van der Waals surface area contributed by atoms with Gasteiger partial charge in [-0.2, -0.15) is 0 Å². The Labute approximate surface area is 30.9 Å². The summed E-state index contributed by atoms with van der Waals surface area (Å²) in [7, 11) is 0. The zero-order chi connectivity index (χ0) is 4.28. The Hall–Kier alpha value is -0.340. The Morgan fingerprint density at radius 1 is 2.00 bits per heavy atom. The van der Waals surface area contributed by atoms with Crippen LogP contribution in [0.4, 0.5) is 0 Å². The van der Waals surface area contributed by atoms with Gasteiger partial charge < -0.3 is 5.73 Å². The van der Waals surface area contributed by atoms with Crippen molar-refractivity contribution in [1.29, 1.82) is 0 Å². The molecule has 0 aliphatic heterocycles. The fourth-order valence-electron chi connectivity index (χ4n) is 0. The van der Waals surface area contributed by atoms with E-state index < -0.39 is 6.23 Å². The molecule has 1 atom stereocenters. The van der Waals surface area contributed by atoms with Gasteiger partial charge in [-0.15, -0.1) is 0 Å². The van der Waals surface area contributed by atoms with E-state index in [0.29, 0.717) is 0 Å². The van der Waals surface area contributed by atoms with Crippen LogP contribution in [-0.4, -0.2) is 6.23 Å². The number of hydrogen-bond donors (Lipinski definition) is 1. The molecule has 0 aromatic carbocycles. The van der Waals surface area contributed by atoms with Gasteiger partial charge in [-0.05, 0) is 6.08 Å². The van der Waals surface area contributed by atoms with Gasteiger partial charge in [-0.1, -0.05) is 6.58 Å². The van der Waals surface area contributed by atoms with Crippen LogP contribution >= 0.6 is 0 Å². The molecule has 29 valence electrons. The van der Waals surface area contributed by atoms with Crippen LogP contribution in [-0.2, 0) is 5.11 Å². The first kappa shape index (κ1) is 4.66. The quantitative estimate of drug-likeness (QED) is 0.341. The fraction of sp³-hybridized carbons (Fsp3) is 0.333. The molecule has 0 fully saturated rings. The second-order valence-electron chi connectivity index (χ2n) is 0.700. The van der Waals surface area contributed by atoms with E-state index in [2.05, 4.69) is 12.3 Å². The van der Waals surface area contributed by atoms with Crippen LogP contribution in [0.25, 0.3) is 0 Å². The monoisotopic (exact) mass is 72.0 g/mol. The standard InChI is InChI=1S/C3H6NO/c1-2-3(4)5/h2-3H,1,4H2. The third kappa shape index (κ3) is 3.66. The van der Waals surface area contributed by atoms with Crippen LogP contribution < -0.4 is 5.73 Å². The lowest BCUT2D eigenvalue weighted by atomic mass is 10.6. The molecule has 5 heavy (non-hydrogen) atoms. The molecule has 2 nitrogen and oxygen atoms in total. The van der Waals surface area contributed by atoms with E-state index in [1.807, 2.05) is 0 Å². The van der Waals surface area contributed by atoms with Crippen molar-refractivity contribution < 1.29 is 5.11 Å². The normalized spacial score (nSPS) is 14.0. The van der Waals surface area contributed by atoms with Gasteiger partial charge in [-0.25, -0.2) is 5.11 Å². The van der Waals surface area contributed by atoms with Crippen molar-refractivity contribution in [3.8, 4) is 0 Å². The lowest BCUT2D eigenvalue weighted by molar-refractivity contribution is 0.136. The van der Waals surface area contributed by atoms with Gasteiger partial charge in [0.05, 0.1) is 0 Å². The van der Waals surface area contributed by atoms with E-state index in [1.54, 1.807) is 0 Å². The first-order valence-corrected chi connectivity index (χ1v) is 1.31. The third-order valence-corrected chi connectivity index (χ3v) is 0.232. The number of nitrogens with two attached hydrogens (primary N) is 1. The summed E-state index contributed by atoms with van der Waals surface area (Å²) in [6, 6.07) is 0. The average molecular weight is 72.1 g/mol. The van der Waals surface area contributed by atoms with Crippen molar-refractivity contribution in [2.75, 3.05) is 0 Å². The molecule has 0 aromatic rings. The van der Waals surface area contributed by atoms with E-state index in [9.17, 15) is 5.11 Å². The molecule has 0 bridgehead atoms. The van der Waals surface area contributed by atoms with Crippen molar-refractivity contribution in [3.63, 3.8) is 0 Å². The van der Waals surface area contributed by atoms with E-state index in [1.165, 1.54) is 0 Å². The molecule has 0 aliphatic rings. The number of hydrogen-bond acceptors (Lipinski definition) is 1. The predicted octanol–water partition coefficient (Wildman–Crippen LogP) is -0.112. The minimum absolute atomic E-state index is 1.10. The third-order valence-electron chi connectivity index (χ3n) is 0.232. The van der Waals surface area contributed by atoms with Gasteiger partial charge in [0.1, 0.15) is 0 Å². The highest BCUT2D eigenvalue weighted by atomic mass is 16.3. The molecule has 2 N–H and O–H groups in total. The molecule has 0 rings (SSSR count). The summed E-state index contributed by atoms with van der Waals surface area (Å²) >= 11 is 0. The maximum absolute atomic E-state index is 9.56. The van der Waals surface area contributed by atoms with Crippen LogP contribution in [0.1, 0.15) is 0 Å². The molecule has 0 aliphatic carbocycles. The topological polar surface area (TPSA) is 45.9 Å². The Morgan fingerprint density at radius 2 is 2.20 bits per heavy atom. The van der Waals surface area contributed by atoms with Gasteiger partial charge >= 0.3 is 0 Å². The maximum atomic E-state index is 9.56. The molecule has 0 heterocycles. The predicted molar refractivity (Wildman–Crippen MR) is 18.9 cm³/mol. The Morgan fingerprint density at radius 3 is 2.20 bits per heavy atom. The molecule has 1 radical (unpaired) electrons. The van der Waals surface area contributed by atoms with Crippen LogP contribution in [0.5, 0.6) is 0 Å². The molecule has 0 saturated heterocycles. The molecular weight excluding hydrogens is 66.0 g/mol. The minimum Gasteiger partial charge on any atom is -0.300 e.